The number of hydrogen-bond donors (Lipinski definition) is 0. The lowest BCUT2D eigenvalue weighted by Gasteiger charge is -2.06. The fourth-order valence-corrected chi connectivity index (χ4v) is 1.81. The van der Waals surface area contributed by atoms with Crippen molar-refractivity contribution in [2.24, 2.45) is 0 Å². The Labute approximate surface area is 89.7 Å². The standard InChI is InChI=1S/C14H13O/c1-3-11-8-12-6-4-5-7-13(12)14(9-11)10(2)15/h4-9H,2-3H2,1H3. The van der Waals surface area contributed by atoms with Gasteiger partial charge in [-0.15, -0.1) is 0 Å². The van der Waals surface area contributed by atoms with Crippen LogP contribution in [0.4, 0.5) is 0 Å². The second-order valence-corrected chi connectivity index (χ2v) is 3.64. The van der Waals surface area contributed by atoms with Crippen LogP contribution in [0, 0.1) is 6.92 Å². The van der Waals surface area contributed by atoms with E-state index < -0.39 is 0 Å². The summed E-state index contributed by atoms with van der Waals surface area (Å²) in [6.45, 7) is 5.58. The van der Waals surface area contributed by atoms with Crippen LogP contribution in [0.25, 0.3) is 10.8 Å². The highest BCUT2D eigenvalue weighted by Gasteiger charge is 2.06. The molecule has 0 amide bonds. The first kappa shape index (κ1) is 9.91. The van der Waals surface area contributed by atoms with Crippen molar-refractivity contribution in [2.45, 2.75) is 13.3 Å². The van der Waals surface area contributed by atoms with Crippen LogP contribution in [0.1, 0.15) is 22.8 Å². The lowest BCUT2D eigenvalue weighted by atomic mass is 9.98. The van der Waals surface area contributed by atoms with E-state index in [9.17, 15) is 4.79 Å². The zero-order valence-corrected chi connectivity index (χ0v) is 8.79. The van der Waals surface area contributed by atoms with Gasteiger partial charge in [0.15, 0.2) is 5.78 Å². The summed E-state index contributed by atoms with van der Waals surface area (Å²) < 4.78 is 0. The van der Waals surface area contributed by atoms with Crippen LogP contribution >= 0.6 is 0 Å². The van der Waals surface area contributed by atoms with E-state index in [0.717, 1.165) is 22.8 Å². The van der Waals surface area contributed by atoms with Gasteiger partial charge in [0.05, 0.1) is 0 Å². The Bertz CT molecular complexity index is 512. The highest BCUT2D eigenvalue weighted by molar-refractivity contribution is 6.10. The minimum atomic E-state index is -0.110. The van der Waals surface area contributed by atoms with E-state index in [-0.39, 0.29) is 5.78 Å². The van der Waals surface area contributed by atoms with Gasteiger partial charge in [-0.05, 0) is 28.8 Å². The van der Waals surface area contributed by atoms with Crippen LogP contribution < -0.4 is 0 Å². The summed E-state index contributed by atoms with van der Waals surface area (Å²) in [5.74, 6) is -0.110. The Morgan fingerprint density at radius 2 is 2.00 bits per heavy atom. The number of Topliss-reactive ketones (excluding diaryl/α,β-unsaturated/α-hetero) is 1. The third kappa shape index (κ3) is 1.78. The average Bonchev–Trinajstić information content (AvgIpc) is 2.27. The normalized spacial score (nSPS) is 10.5. The number of benzene rings is 2. The van der Waals surface area contributed by atoms with Gasteiger partial charge in [0.25, 0.3) is 0 Å². The molecule has 0 aliphatic rings. The third-order valence-corrected chi connectivity index (χ3v) is 2.63. The van der Waals surface area contributed by atoms with Gasteiger partial charge < -0.3 is 0 Å². The van der Waals surface area contributed by atoms with Crippen molar-refractivity contribution in [1.82, 2.24) is 0 Å². The summed E-state index contributed by atoms with van der Waals surface area (Å²) in [5, 5.41) is 2.11. The van der Waals surface area contributed by atoms with Crippen LogP contribution in [0.5, 0.6) is 0 Å². The molecule has 0 aliphatic carbocycles. The molecule has 0 saturated heterocycles. The maximum atomic E-state index is 11.4. The third-order valence-electron chi connectivity index (χ3n) is 2.63. The van der Waals surface area contributed by atoms with Crippen molar-refractivity contribution >= 4 is 16.6 Å². The van der Waals surface area contributed by atoms with Crippen LogP contribution in [0.15, 0.2) is 36.4 Å². The van der Waals surface area contributed by atoms with Gasteiger partial charge in [-0.25, -0.2) is 0 Å². The average molecular weight is 197 g/mol. The highest BCUT2D eigenvalue weighted by atomic mass is 16.1. The Morgan fingerprint density at radius 1 is 1.27 bits per heavy atom. The van der Waals surface area contributed by atoms with Crippen molar-refractivity contribution in [3.63, 3.8) is 0 Å². The summed E-state index contributed by atoms with van der Waals surface area (Å²) in [4.78, 5) is 11.4. The molecule has 0 bridgehead atoms. The molecule has 0 heterocycles. The SMILES string of the molecule is [CH2]C(=O)c1cc(CC)cc2ccccc12. The molecule has 75 valence electrons. The van der Waals surface area contributed by atoms with Crippen LogP contribution in [0.2, 0.25) is 0 Å². The van der Waals surface area contributed by atoms with E-state index in [2.05, 4.69) is 19.9 Å². The Kier molecular flexibility index (Phi) is 2.55. The monoisotopic (exact) mass is 197 g/mol. The van der Waals surface area contributed by atoms with Crippen LogP contribution in [-0.4, -0.2) is 5.78 Å². The molecule has 0 atom stereocenters. The summed E-state index contributed by atoms with van der Waals surface area (Å²) in [6, 6.07) is 12.0. The number of carbonyl (C=O) groups excluding carboxylic acids is 1. The molecule has 1 radical (unpaired) electrons. The molecule has 0 N–H and O–H groups in total. The van der Waals surface area contributed by atoms with E-state index >= 15 is 0 Å². The quantitative estimate of drug-likeness (QED) is 0.674. The van der Waals surface area contributed by atoms with E-state index in [4.69, 9.17) is 0 Å². The van der Waals surface area contributed by atoms with Crippen molar-refractivity contribution in [1.29, 1.82) is 0 Å². The first-order valence-corrected chi connectivity index (χ1v) is 5.10. The molecule has 0 fully saturated rings. The van der Waals surface area contributed by atoms with E-state index in [1.54, 1.807) is 0 Å². The van der Waals surface area contributed by atoms with Gasteiger partial charge in [-0.3, -0.25) is 4.79 Å². The minimum Gasteiger partial charge on any atom is -0.294 e. The summed E-state index contributed by atoms with van der Waals surface area (Å²) in [7, 11) is 0. The number of carbonyl (C=O) groups is 1. The largest absolute Gasteiger partial charge is 0.294 e. The topological polar surface area (TPSA) is 17.1 Å². The molecule has 15 heavy (non-hydrogen) atoms. The van der Waals surface area contributed by atoms with Gasteiger partial charge in [0.1, 0.15) is 0 Å². The van der Waals surface area contributed by atoms with Crippen LogP contribution in [0.3, 0.4) is 0 Å². The predicted octanol–water partition coefficient (Wildman–Crippen LogP) is 3.42. The van der Waals surface area contributed by atoms with Gasteiger partial charge in [0, 0.05) is 12.5 Å². The molecule has 0 aliphatic heterocycles. The van der Waals surface area contributed by atoms with Gasteiger partial charge in [-0.1, -0.05) is 37.3 Å². The van der Waals surface area contributed by atoms with Crippen molar-refractivity contribution in [2.75, 3.05) is 0 Å². The van der Waals surface area contributed by atoms with Gasteiger partial charge in [-0.2, -0.15) is 0 Å². The zero-order valence-electron chi connectivity index (χ0n) is 8.79. The second kappa shape index (κ2) is 3.85. The maximum absolute atomic E-state index is 11.4. The molecule has 0 saturated carbocycles. The Balaban J connectivity index is 2.80. The summed E-state index contributed by atoms with van der Waals surface area (Å²) in [5.41, 5.74) is 1.91. The van der Waals surface area contributed by atoms with Crippen LogP contribution in [-0.2, 0) is 6.42 Å². The van der Waals surface area contributed by atoms with Crippen molar-refractivity contribution in [3.05, 3.63) is 54.4 Å². The fourth-order valence-electron chi connectivity index (χ4n) is 1.81. The molecule has 2 aromatic rings. The number of ketones is 1. The summed E-state index contributed by atoms with van der Waals surface area (Å²) in [6.07, 6.45) is 0.936. The number of hydrogen-bond acceptors (Lipinski definition) is 1. The first-order chi connectivity index (χ1) is 7.22. The Morgan fingerprint density at radius 3 is 2.67 bits per heavy atom. The molecule has 2 aromatic carbocycles. The van der Waals surface area contributed by atoms with Crippen molar-refractivity contribution in [3.8, 4) is 0 Å². The number of rotatable bonds is 2. The summed E-state index contributed by atoms with van der Waals surface area (Å²) >= 11 is 0. The predicted molar refractivity (Wildman–Crippen MR) is 63.0 cm³/mol. The lowest BCUT2D eigenvalue weighted by Crippen LogP contribution is -1.96. The molecule has 1 nitrogen and oxygen atoms in total. The number of fused-ring (bicyclic) bond motifs is 1. The molecule has 0 unspecified atom stereocenters. The molecule has 0 spiro atoms. The smallest absolute Gasteiger partial charge is 0.163 e. The maximum Gasteiger partial charge on any atom is 0.163 e. The molecule has 0 aromatic heterocycles. The molecule has 2 rings (SSSR count). The molecule has 1 heteroatoms. The minimum absolute atomic E-state index is 0.110. The van der Waals surface area contributed by atoms with Gasteiger partial charge >= 0.3 is 0 Å². The first-order valence-electron chi connectivity index (χ1n) is 5.10. The number of aryl methyl sites for hydroxylation is 1. The molecular formula is C14H13O. The van der Waals surface area contributed by atoms with E-state index in [0.29, 0.717) is 0 Å². The van der Waals surface area contributed by atoms with Gasteiger partial charge in [0.2, 0.25) is 0 Å². The highest BCUT2D eigenvalue weighted by Crippen LogP contribution is 2.21. The second-order valence-electron chi connectivity index (χ2n) is 3.64. The van der Waals surface area contributed by atoms with E-state index in [1.807, 2.05) is 30.3 Å². The lowest BCUT2D eigenvalue weighted by molar-refractivity contribution is 0.104. The Hall–Kier alpha value is -1.63. The molecular weight excluding hydrogens is 184 g/mol. The van der Waals surface area contributed by atoms with Crippen molar-refractivity contribution < 1.29 is 4.79 Å². The zero-order chi connectivity index (χ0) is 10.8. The fraction of sp³-hybridized carbons (Fsp3) is 0.143. The van der Waals surface area contributed by atoms with E-state index in [1.165, 1.54) is 5.56 Å².